The van der Waals surface area contributed by atoms with E-state index in [0.29, 0.717) is 12.8 Å². The Bertz CT molecular complexity index is 1710. The van der Waals surface area contributed by atoms with Crippen LogP contribution in [0.15, 0.2) is 85.1 Å². The van der Waals surface area contributed by atoms with Gasteiger partial charge in [-0.05, 0) is 96.3 Å². The summed E-state index contributed by atoms with van der Waals surface area (Å²) in [5.74, 6) is -1.21. The molecule has 0 bridgehead atoms. The predicted octanol–water partition coefficient (Wildman–Crippen LogP) is 18.1. The van der Waals surface area contributed by atoms with Gasteiger partial charge in [-0.2, -0.15) is 0 Å². The summed E-state index contributed by atoms with van der Waals surface area (Å²) >= 11 is 0. The second-order valence-electron chi connectivity index (χ2n) is 24.2. The largest absolute Gasteiger partial charge is 0.454 e. The van der Waals surface area contributed by atoms with Gasteiger partial charge in [0.2, 0.25) is 5.91 Å². The van der Waals surface area contributed by atoms with Crippen molar-refractivity contribution in [2.24, 2.45) is 0 Å². The lowest BCUT2D eigenvalue weighted by Gasteiger charge is -2.41. The highest BCUT2D eigenvalue weighted by molar-refractivity contribution is 5.80. The molecule has 1 heterocycles. The number of esters is 1. The van der Waals surface area contributed by atoms with E-state index in [1.54, 1.807) is 6.08 Å². The lowest BCUT2D eigenvalue weighted by Crippen LogP contribution is -2.61. The number of hydrogen-bond acceptors (Lipinski definition) is 10. The molecule has 1 aliphatic heterocycles. The van der Waals surface area contributed by atoms with Crippen molar-refractivity contribution in [3.63, 3.8) is 0 Å². The minimum atomic E-state index is -1.63. The van der Waals surface area contributed by atoms with Crippen molar-refractivity contribution in [1.29, 1.82) is 0 Å². The van der Waals surface area contributed by atoms with Gasteiger partial charge in [0.25, 0.3) is 0 Å². The molecule has 6 N–H and O–H groups in total. The van der Waals surface area contributed by atoms with Gasteiger partial charge < -0.3 is 45.1 Å². The predicted molar refractivity (Wildman–Crippen MR) is 356 cm³/mol. The Labute approximate surface area is 521 Å². The van der Waals surface area contributed by atoms with Crippen molar-refractivity contribution in [2.45, 2.75) is 359 Å². The molecule has 492 valence electrons. The van der Waals surface area contributed by atoms with Gasteiger partial charge in [-0.3, -0.25) is 9.59 Å². The van der Waals surface area contributed by atoms with Crippen LogP contribution in [0.5, 0.6) is 0 Å². The van der Waals surface area contributed by atoms with Gasteiger partial charge in [0.15, 0.2) is 12.4 Å². The molecule has 0 spiro atoms. The number of aliphatic hydroxyl groups excluding tert-OH is 5. The van der Waals surface area contributed by atoms with E-state index in [0.717, 1.165) is 103 Å². The number of carbonyl (C=O) groups excluding carboxylic acids is 2. The van der Waals surface area contributed by atoms with Crippen molar-refractivity contribution in [2.75, 3.05) is 13.2 Å². The molecule has 8 atom stereocenters. The fraction of sp³-hybridized carbons (Fsp3) is 0.784. The zero-order chi connectivity index (χ0) is 61.7. The molecule has 11 nitrogen and oxygen atoms in total. The van der Waals surface area contributed by atoms with E-state index in [4.69, 9.17) is 14.2 Å². The zero-order valence-corrected chi connectivity index (χ0v) is 54.7. The third kappa shape index (κ3) is 48.4. The fourth-order valence-corrected chi connectivity index (χ4v) is 10.7. The highest BCUT2D eigenvalue weighted by atomic mass is 16.7. The Kier molecular flexibility index (Phi) is 57.4. The lowest BCUT2D eigenvalue weighted by molar-refractivity contribution is -0.305. The molecule has 1 aliphatic rings. The van der Waals surface area contributed by atoms with Crippen LogP contribution in [0.4, 0.5) is 0 Å². The molecule has 0 aliphatic carbocycles. The van der Waals surface area contributed by atoms with E-state index in [1.807, 2.05) is 6.08 Å². The Morgan fingerprint density at radius 3 is 1.28 bits per heavy atom. The normalized spacial score (nSPS) is 18.9. The highest BCUT2D eigenvalue weighted by Crippen LogP contribution is 2.26. The summed E-state index contributed by atoms with van der Waals surface area (Å²) in [4.78, 5) is 26.7. The van der Waals surface area contributed by atoms with Crippen LogP contribution in [0.25, 0.3) is 0 Å². The Morgan fingerprint density at radius 2 is 0.847 bits per heavy atom. The van der Waals surface area contributed by atoms with Crippen LogP contribution in [-0.2, 0) is 23.8 Å². The number of carbonyl (C=O) groups is 2. The van der Waals surface area contributed by atoms with Gasteiger partial charge in [-0.1, -0.05) is 292 Å². The maximum atomic E-state index is 13.5. The number of hydrogen-bond donors (Lipinski definition) is 6. The summed E-state index contributed by atoms with van der Waals surface area (Å²) < 4.78 is 17.7. The molecule has 1 amide bonds. The average Bonchev–Trinajstić information content (AvgIpc) is 2.48. The molecule has 0 saturated carbocycles. The third-order valence-electron chi connectivity index (χ3n) is 16.3. The first-order chi connectivity index (χ1) is 41.7. The first-order valence-corrected chi connectivity index (χ1v) is 35.4. The van der Waals surface area contributed by atoms with E-state index in [1.165, 1.54) is 161 Å². The quantitative estimate of drug-likeness (QED) is 0.0195. The number of aliphatic hydroxyl groups is 5. The van der Waals surface area contributed by atoms with Crippen LogP contribution in [0.2, 0.25) is 0 Å². The second-order valence-corrected chi connectivity index (χ2v) is 24.2. The van der Waals surface area contributed by atoms with Gasteiger partial charge in [-0.15, -0.1) is 0 Å². The van der Waals surface area contributed by atoms with Crippen molar-refractivity contribution in [3.05, 3.63) is 85.1 Å². The number of ether oxygens (including phenoxy) is 3. The zero-order valence-electron chi connectivity index (χ0n) is 54.7. The molecule has 0 radical (unpaired) electrons. The molecular formula is C74H131NO10. The third-order valence-corrected chi connectivity index (χ3v) is 16.3. The number of allylic oxidation sites excluding steroid dienone is 13. The first kappa shape index (κ1) is 79.9. The minimum absolute atomic E-state index is 0.0988. The number of nitrogens with one attached hydrogen (secondary N) is 1. The summed E-state index contributed by atoms with van der Waals surface area (Å²) in [6, 6.07) is -1.03. The maximum Gasteiger partial charge on any atom is 0.306 e. The van der Waals surface area contributed by atoms with Crippen molar-refractivity contribution < 1.29 is 49.3 Å². The van der Waals surface area contributed by atoms with Crippen LogP contribution in [0, 0.1) is 0 Å². The molecular weight excluding hydrogens is 1060 g/mol. The first-order valence-electron chi connectivity index (χ1n) is 35.4. The summed E-state index contributed by atoms with van der Waals surface area (Å²) in [5, 5.41) is 57.3. The average molecular weight is 1190 g/mol. The van der Waals surface area contributed by atoms with Crippen LogP contribution >= 0.6 is 0 Å². The van der Waals surface area contributed by atoms with Crippen molar-refractivity contribution in [3.8, 4) is 0 Å². The number of amides is 1. The SMILES string of the molecule is CC/C=C\C/C=C\C/C=C\C/C=C\C/C=C\CCCCCCCC(=O)OC1C(OCC(NC(=O)C(O)CCCCCCCCCCCCCC/C=C/CCCCCCCC)C(O)/C=C/CCCCCCCCCCCCC)OC(CO)C(O)C1O. The minimum Gasteiger partial charge on any atom is -0.454 e. The van der Waals surface area contributed by atoms with Crippen LogP contribution in [-0.4, -0.2) is 99.6 Å². The van der Waals surface area contributed by atoms with Gasteiger partial charge >= 0.3 is 5.97 Å². The molecule has 85 heavy (non-hydrogen) atoms. The molecule has 0 aromatic carbocycles. The Morgan fingerprint density at radius 1 is 0.471 bits per heavy atom. The van der Waals surface area contributed by atoms with Gasteiger partial charge in [0.1, 0.15) is 24.4 Å². The maximum absolute atomic E-state index is 13.5. The van der Waals surface area contributed by atoms with Crippen molar-refractivity contribution in [1.82, 2.24) is 5.32 Å². The standard InChI is InChI=1S/C74H131NO10/c1-4-7-10-13-16-19-22-25-27-29-31-33-35-36-38-40-43-46-49-52-55-58-61-67(78)73(82)75-65(66(77)60-57-54-51-48-45-42-24-21-18-15-12-9-6-3)64-83-74-72(71(81)70(80)68(63-76)84-74)85-69(79)62-59-56-53-50-47-44-41-39-37-34-32-30-28-26-23-20-17-14-11-8-5-2/h8,11,17,20,25-28,32,34,39,41,57,60,65-68,70-72,74,76-78,80-81H,4-7,9-10,12-16,18-19,21-24,29-31,33,35-38,40,42-56,58-59,61-64H2,1-3H3,(H,75,82)/b11-8-,20-17-,27-25+,28-26-,34-32-,41-39-,60-57+. The molecule has 8 unspecified atom stereocenters. The topological polar surface area (TPSA) is 175 Å². The number of rotatable bonds is 60. The molecule has 1 saturated heterocycles. The van der Waals surface area contributed by atoms with Gasteiger partial charge in [0, 0.05) is 6.42 Å². The highest BCUT2D eigenvalue weighted by Gasteiger charge is 2.47. The molecule has 11 heteroatoms. The monoisotopic (exact) mass is 1190 g/mol. The fourth-order valence-electron chi connectivity index (χ4n) is 10.7. The smallest absolute Gasteiger partial charge is 0.306 e. The van der Waals surface area contributed by atoms with E-state index in [2.05, 4.69) is 99.0 Å². The van der Waals surface area contributed by atoms with E-state index >= 15 is 0 Å². The molecule has 1 rings (SSSR count). The second kappa shape index (κ2) is 61.1. The Hall–Kier alpha value is -3.16. The van der Waals surface area contributed by atoms with Crippen molar-refractivity contribution >= 4 is 11.9 Å². The molecule has 0 aromatic heterocycles. The van der Waals surface area contributed by atoms with Gasteiger partial charge in [0.05, 0.1) is 25.4 Å². The molecule has 0 aromatic rings. The van der Waals surface area contributed by atoms with Gasteiger partial charge in [-0.25, -0.2) is 0 Å². The van der Waals surface area contributed by atoms with E-state index < -0.39 is 67.4 Å². The van der Waals surface area contributed by atoms with Crippen LogP contribution < -0.4 is 5.32 Å². The Balaban J connectivity index is 2.62. The number of unbranched alkanes of at least 4 members (excludes halogenated alkanes) is 34. The van der Waals surface area contributed by atoms with Crippen LogP contribution in [0.1, 0.15) is 310 Å². The summed E-state index contributed by atoms with van der Waals surface area (Å²) in [5.41, 5.74) is 0. The summed E-state index contributed by atoms with van der Waals surface area (Å²) in [6.45, 7) is 5.70. The lowest BCUT2D eigenvalue weighted by atomic mass is 9.99. The van der Waals surface area contributed by atoms with E-state index in [9.17, 15) is 35.1 Å². The van der Waals surface area contributed by atoms with Crippen LogP contribution in [0.3, 0.4) is 0 Å². The van der Waals surface area contributed by atoms with E-state index in [-0.39, 0.29) is 19.4 Å². The summed E-state index contributed by atoms with van der Waals surface area (Å²) in [7, 11) is 0. The summed E-state index contributed by atoms with van der Waals surface area (Å²) in [6.07, 6.45) is 70.4. The molecule has 1 fully saturated rings.